The first-order chi connectivity index (χ1) is 8.86. The van der Waals surface area contributed by atoms with Crippen molar-refractivity contribution in [3.8, 4) is 0 Å². The van der Waals surface area contributed by atoms with E-state index < -0.39 is 0 Å². The van der Waals surface area contributed by atoms with Gasteiger partial charge in [0, 0.05) is 0 Å². The minimum atomic E-state index is 0.137. The fourth-order valence-corrected chi connectivity index (χ4v) is 6.92. The summed E-state index contributed by atoms with van der Waals surface area (Å²) in [5, 5.41) is 0. The Bertz CT molecular complexity index is 437. The summed E-state index contributed by atoms with van der Waals surface area (Å²) in [6, 6.07) is 8.98. The van der Waals surface area contributed by atoms with Crippen molar-refractivity contribution in [1.82, 2.24) is 0 Å². The maximum absolute atomic E-state index is 2.53. The van der Waals surface area contributed by atoms with Gasteiger partial charge < -0.3 is 0 Å². The molecule has 19 heavy (non-hydrogen) atoms. The fourth-order valence-electron chi connectivity index (χ4n) is 3.41. The molecule has 1 aromatic carbocycles. The van der Waals surface area contributed by atoms with Crippen LogP contribution in [0.25, 0.3) is 0 Å². The molecular weight excluding hydrogens is 343 g/mol. The van der Waals surface area contributed by atoms with Crippen LogP contribution in [0.5, 0.6) is 0 Å². The predicted octanol–water partition coefficient (Wildman–Crippen LogP) is 1.96. The molecule has 1 aromatic rings. The molecule has 0 spiro atoms. The second kappa shape index (κ2) is 5.75. The predicted molar refractivity (Wildman–Crippen MR) is 79.6 cm³/mol. The van der Waals surface area contributed by atoms with E-state index in [0.717, 1.165) is 21.7 Å². The maximum atomic E-state index is 2.53. The quantitative estimate of drug-likeness (QED) is 0.549. The van der Waals surface area contributed by atoms with Gasteiger partial charge in [-0.2, -0.15) is 0 Å². The van der Waals surface area contributed by atoms with E-state index in [0.29, 0.717) is 5.41 Å². The normalized spacial score (nSPS) is 29.5. The number of alkyl halides is 1. The van der Waals surface area contributed by atoms with Gasteiger partial charge in [0.25, 0.3) is 0 Å². The molecule has 0 saturated heterocycles. The standard InChI is InChI=1S/C18H28I/c1-12(2)16-11-18(16,6)14(4)15(5)19-17-10-8-7-9-13(17)3/h7-10,12,14-16H,11H2,1-6H3/q-1/t14?,15-,16+,18+/m0/s1. The Balaban J connectivity index is 2.01. The van der Waals surface area contributed by atoms with E-state index >= 15 is 0 Å². The van der Waals surface area contributed by atoms with Gasteiger partial charge >= 0.3 is 130 Å². The molecule has 0 radical (unpaired) electrons. The summed E-state index contributed by atoms with van der Waals surface area (Å²) in [6.45, 7) is 14.6. The van der Waals surface area contributed by atoms with E-state index in [2.05, 4.69) is 65.8 Å². The summed E-state index contributed by atoms with van der Waals surface area (Å²) < 4.78 is 2.53. The summed E-state index contributed by atoms with van der Waals surface area (Å²) in [4.78, 5) is 0. The van der Waals surface area contributed by atoms with Crippen LogP contribution in [-0.2, 0) is 0 Å². The van der Waals surface area contributed by atoms with Crippen molar-refractivity contribution in [3.05, 3.63) is 33.4 Å². The number of hydrogen-bond donors (Lipinski definition) is 0. The van der Waals surface area contributed by atoms with E-state index in [9.17, 15) is 0 Å². The van der Waals surface area contributed by atoms with Crippen molar-refractivity contribution in [1.29, 1.82) is 0 Å². The molecule has 0 amide bonds. The van der Waals surface area contributed by atoms with Gasteiger partial charge in [0.05, 0.1) is 0 Å². The van der Waals surface area contributed by atoms with Gasteiger partial charge in [-0.3, -0.25) is 0 Å². The van der Waals surface area contributed by atoms with E-state index in [1.807, 2.05) is 0 Å². The molecule has 0 heterocycles. The fraction of sp³-hybridized carbons (Fsp3) is 0.667. The molecule has 0 bridgehead atoms. The molecule has 1 saturated carbocycles. The summed E-state index contributed by atoms with van der Waals surface area (Å²) >= 11 is 0.137. The van der Waals surface area contributed by atoms with Gasteiger partial charge in [-0.15, -0.1) is 0 Å². The van der Waals surface area contributed by atoms with Gasteiger partial charge in [-0.1, -0.05) is 0 Å². The minimum absolute atomic E-state index is 0.137. The molecule has 1 fully saturated rings. The van der Waals surface area contributed by atoms with Gasteiger partial charge in [-0.25, -0.2) is 0 Å². The van der Waals surface area contributed by atoms with Crippen molar-refractivity contribution in [3.63, 3.8) is 0 Å². The number of halogens is 1. The summed E-state index contributed by atoms with van der Waals surface area (Å²) in [7, 11) is 0. The zero-order valence-electron chi connectivity index (χ0n) is 13.2. The Hall–Kier alpha value is -0.0500. The van der Waals surface area contributed by atoms with Gasteiger partial charge in [-0.05, 0) is 0 Å². The van der Waals surface area contributed by atoms with Gasteiger partial charge in [0.1, 0.15) is 0 Å². The molecule has 108 valence electrons. The molecule has 1 aliphatic carbocycles. The molecule has 0 aromatic heterocycles. The zero-order valence-corrected chi connectivity index (χ0v) is 15.4. The van der Waals surface area contributed by atoms with Crippen LogP contribution in [-0.4, -0.2) is 3.92 Å². The van der Waals surface area contributed by atoms with Gasteiger partial charge in [0.2, 0.25) is 0 Å². The molecular formula is C18H28I-. The van der Waals surface area contributed by atoms with Crippen LogP contribution in [0.1, 0.15) is 46.6 Å². The zero-order chi connectivity index (χ0) is 14.2. The Morgan fingerprint density at radius 3 is 2.32 bits per heavy atom. The molecule has 2 rings (SSSR count). The average molecular weight is 371 g/mol. The summed E-state index contributed by atoms with van der Waals surface area (Å²) in [5.41, 5.74) is 2.12. The van der Waals surface area contributed by atoms with Crippen LogP contribution in [0.4, 0.5) is 0 Å². The van der Waals surface area contributed by atoms with Crippen LogP contribution in [0.15, 0.2) is 24.3 Å². The van der Waals surface area contributed by atoms with E-state index in [4.69, 9.17) is 0 Å². The Morgan fingerprint density at radius 1 is 1.16 bits per heavy atom. The topological polar surface area (TPSA) is 0 Å². The molecule has 4 atom stereocenters. The Morgan fingerprint density at radius 2 is 1.79 bits per heavy atom. The van der Waals surface area contributed by atoms with Crippen LogP contribution in [0, 0.1) is 33.7 Å². The molecule has 0 nitrogen and oxygen atoms in total. The Kier molecular flexibility index (Phi) is 4.64. The van der Waals surface area contributed by atoms with Crippen LogP contribution in [0.3, 0.4) is 0 Å². The molecule has 0 aliphatic heterocycles. The number of aryl methyl sites for hydroxylation is 1. The second-order valence-corrected chi connectivity index (χ2v) is 10.6. The van der Waals surface area contributed by atoms with Crippen LogP contribution < -0.4 is 21.2 Å². The van der Waals surface area contributed by atoms with E-state index in [-0.39, 0.29) is 21.2 Å². The number of rotatable bonds is 5. The van der Waals surface area contributed by atoms with E-state index in [1.165, 1.54) is 12.0 Å². The third-order valence-electron chi connectivity index (χ3n) is 5.25. The van der Waals surface area contributed by atoms with E-state index in [1.54, 1.807) is 3.57 Å². The molecule has 0 N–H and O–H groups in total. The molecule has 1 aliphatic rings. The average Bonchev–Trinajstić information content (AvgIpc) is 3.05. The third kappa shape index (κ3) is 3.17. The first-order valence-electron chi connectivity index (χ1n) is 7.55. The third-order valence-corrected chi connectivity index (χ3v) is 9.19. The second-order valence-electron chi connectivity index (χ2n) is 6.88. The molecule has 1 unspecified atom stereocenters. The summed E-state index contributed by atoms with van der Waals surface area (Å²) in [5.74, 6) is 2.69. The van der Waals surface area contributed by atoms with Crippen molar-refractivity contribution in [2.45, 2.75) is 51.9 Å². The van der Waals surface area contributed by atoms with Crippen molar-refractivity contribution in [2.75, 3.05) is 0 Å². The molecule has 1 heteroatoms. The van der Waals surface area contributed by atoms with Crippen molar-refractivity contribution < 1.29 is 21.2 Å². The van der Waals surface area contributed by atoms with Gasteiger partial charge in [0.15, 0.2) is 0 Å². The Labute approximate surface area is 129 Å². The number of benzene rings is 1. The first-order valence-corrected chi connectivity index (χ1v) is 9.87. The monoisotopic (exact) mass is 371 g/mol. The number of hydrogen-bond acceptors (Lipinski definition) is 0. The SMILES string of the molecule is Cc1ccccc1[I-][C@@H](C)C(C)[C@@]1(C)C[C@@H]1C(C)C. The summed E-state index contributed by atoms with van der Waals surface area (Å²) in [6.07, 6.45) is 1.45. The first kappa shape index (κ1) is 15.3. The van der Waals surface area contributed by atoms with Crippen LogP contribution >= 0.6 is 0 Å². The van der Waals surface area contributed by atoms with Crippen molar-refractivity contribution in [2.24, 2.45) is 23.2 Å². The van der Waals surface area contributed by atoms with Crippen molar-refractivity contribution >= 4 is 0 Å². The van der Waals surface area contributed by atoms with Crippen LogP contribution in [0.2, 0.25) is 0 Å².